The summed E-state index contributed by atoms with van der Waals surface area (Å²) in [6, 6.07) is 9.47. The molecule has 7 heteroatoms. The van der Waals surface area contributed by atoms with Crippen LogP contribution in [0.1, 0.15) is 37.7 Å². The summed E-state index contributed by atoms with van der Waals surface area (Å²) in [6.07, 6.45) is 3.44. The molecular weight excluding hydrogens is 352 g/mol. The molecule has 1 spiro atoms. The molecule has 1 aliphatic carbocycles. The first-order valence-electron chi connectivity index (χ1n) is 9.26. The second kappa shape index (κ2) is 6.37. The van der Waals surface area contributed by atoms with Crippen LogP contribution in [-0.4, -0.2) is 53.7 Å². The zero-order chi connectivity index (χ0) is 18.4. The van der Waals surface area contributed by atoms with Gasteiger partial charge in [0.05, 0.1) is 0 Å². The Hall–Kier alpha value is -1.89. The fraction of sp³-hybridized carbons (Fsp3) is 0.579. The van der Waals surface area contributed by atoms with E-state index in [2.05, 4.69) is 0 Å². The Morgan fingerprint density at radius 1 is 1.12 bits per heavy atom. The van der Waals surface area contributed by atoms with Gasteiger partial charge >= 0.3 is 0 Å². The monoisotopic (exact) mass is 376 g/mol. The number of amides is 2. The third-order valence-electron chi connectivity index (χ3n) is 5.93. The summed E-state index contributed by atoms with van der Waals surface area (Å²) < 4.78 is 25.7. The summed E-state index contributed by atoms with van der Waals surface area (Å²) in [5, 5.41) is 0. The van der Waals surface area contributed by atoms with E-state index in [1.54, 1.807) is 9.80 Å². The Labute approximate surface area is 154 Å². The molecule has 2 aliphatic heterocycles. The number of carbonyl (C=O) groups excluding carboxylic acids is 2. The molecule has 3 fully saturated rings. The van der Waals surface area contributed by atoms with E-state index < -0.39 is 20.5 Å². The lowest BCUT2D eigenvalue weighted by Crippen LogP contribution is -2.56. The van der Waals surface area contributed by atoms with Gasteiger partial charge in [-0.3, -0.25) is 9.59 Å². The van der Waals surface area contributed by atoms with Crippen molar-refractivity contribution >= 4 is 21.7 Å². The fourth-order valence-corrected chi connectivity index (χ4v) is 6.21. The zero-order valence-corrected chi connectivity index (χ0v) is 15.6. The van der Waals surface area contributed by atoms with Crippen molar-refractivity contribution in [3.05, 3.63) is 35.9 Å². The maximum absolute atomic E-state index is 12.8. The van der Waals surface area contributed by atoms with Gasteiger partial charge in [0.25, 0.3) is 0 Å². The van der Waals surface area contributed by atoms with Crippen molar-refractivity contribution in [2.45, 2.75) is 43.5 Å². The van der Waals surface area contributed by atoms with E-state index in [4.69, 9.17) is 0 Å². The van der Waals surface area contributed by atoms with Gasteiger partial charge < -0.3 is 9.80 Å². The Bertz CT molecular complexity index is 809. The quantitative estimate of drug-likeness (QED) is 0.799. The van der Waals surface area contributed by atoms with E-state index >= 15 is 0 Å². The smallest absolute Gasteiger partial charge is 0.239 e. The van der Waals surface area contributed by atoms with E-state index in [-0.39, 0.29) is 11.8 Å². The molecule has 1 saturated carbocycles. The predicted molar refractivity (Wildman–Crippen MR) is 96.7 cm³/mol. The van der Waals surface area contributed by atoms with Gasteiger partial charge in [-0.2, -0.15) is 0 Å². The number of benzene rings is 1. The first-order valence-corrected chi connectivity index (χ1v) is 10.9. The standard InChI is InChI=1S/C19H24N2O4S/c22-17(12-15-6-7-15)20-10-8-19(9-11-20)21(18(23)14-26(19,24)25)13-16-4-2-1-3-5-16/h1-5,15H,6-14H2. The van der Waals surface area contributed by atoms with Crippen molar-refractivity contribution in [2.24, 2.45) is 5.92 Å². The minimum absolute atomic E-state index is 0.124. The van der Waals surface area contributed by atoms with Gasteiger partial charge in [-0.05, 0) is 24.3 Å². The molecule has 2 amide bonds. The van der Waals surface area contributed by atoms with Crippen LogP contribution in [0.5, 0.6) is 0 Å². The van der Waals surface area contributed by atoms with E-state index in [0.29, 0.717) is 44.8 Å². The summed E-state index contributed by atoms with van der Waals surface area (Å²) in [5.74, 6) is -0.106. The number of likely N-dealkylation sites (tertiary alicyclic amines) is 1. The van der Waals surface area contributed by atoms with Gasteiger partial charge in [-0.1, -0.05) is 30.3 Å². The fourth-order valence-electron chi connectivity index (χ4n) is 4.15. The minimum atomic E-state index is -3.55. The van der Waals surface area contributed by atoms with Crippen molar-refractivity contribution in [3.63, 3.8) is 0 Å². The van der Waals surface area contributed by atoms with Crippen molar-refractivity contribution in [2.75, 3.05) is 18.8 Å². The molecule has 2 saturated heterocycles. The number of piperidine rings is 1. The van der Waals surface area contributed by atoms with Crippen molar-refractivity contribution in [1.82, 2.24) is 9.80 Å². The Morgan fingerprint density at radius 3 is 2.38 bits per heavy atom. The second-order valence-electron chi connectivity index (χ2n) is 7.70. The molecule has 0 radical (unpaired) electrons. The molecule has 0 aromatic heterocycles. The third kappa shape index (κ3) is 3.02. The molecule has 0 bridgehead atoms. The molecule has 0 atom stereocenters. The lowest BCUT2D eigenvalue weighted by molar-refractivity contribution is -0.136. The molecule has 3 aliphatic rings. The number of hydrogen-bond donors (Lipinski definition) is 0. The van der Waals surface area contributed by atoms with Crippen LogP contribution < -0.4 is 0 Å². The predicted octanol–water partition coefficient (Wildman–Crippen LogP) is 1.56. The molecule has 6 nitrogen and oxygen atoms in total. The van der Waals surface area contributed by atoms with E-state index in [0.717, 1.165) is 18.4 Å². The van der Waals surface area contributed by atoms with Crippen LogP contribution in [0.25, 0.3) is 0 Å². The molecule has 0 unspecified atom stereocenters. The largest absolute Gasteiger partial charge is 0.342 e. The number of carbonyl (C=O) groups is 2. The van der Waals surface area contributed by atoms with Crippen LogP contribution in [-0.2, 0) is 26.0 Å². The summed E-state index contributed by atoms with van der Waals surface area (Å²) in [5.41, 5.74) is 0.921. The van der Waals surface area contributed by atoms with Gasteiger partial charge in [0.15, 0.2) is 9.84 Å². The van der Waals surface area contributed by atoms with Crippen LogP contribution in [0.3, 0.4) is 0 Å². The highest BCUT2D eigenvalue weighted by atomic mass is 32.2. The summed E-state index contributed by atoms with van der Waals surface area (Å²) >= 11 is 0. The van der Waals surface area contributed by atoms with E-state index in [1.807, 2.05) is 30.3 Å². The van der Waals surface area contributed by atoms with Crippen LogP contribution in [0, 0.1) is 5.92 Å². The lowest BCUT2D eigenvalue weighted by Gasteiger charge is -2.43. The molecule has 1 aromatic rings. The van der Waals surface area contributed by atoms with Crippen LogP contribution in [0.2, 0.25) is 0 Å². The van der Waals surface area contributed by atoms with Crippen molar-refractivity contribution < 1.29 is 18.0 Å². The highest BCUT2D eigenvalue weighted by molar-refractivity contribution is 7.93. The van der Waals surface area contributed by atoms with Crippen molar-refractivity contribution in [3.8, 4) is 0 Å². The Kier molecular flexibility index (Phi) is 4.29. The highest BCUT2D eigenvalue weighted by Crippen LogP contribution is 2.41. The average Bonchev–Trinajstić information content (AvgIpc) is 3.41. The number of nitrogens with zero attached hydrogens (tertiary/aromatic N) is 2. The van der Waals surface area contributed by atoms with E-state index in [9.17, 15) is 18.0 Å². The first-order chi connectivity index (χ1) is 12.4. The molecule has 1 aromatic carbocycles. The number of rotatable bonds is 4. The van der Waals surface area contributed by atoms with E-state index in [1.165, 1.54) is 0 Å². The zero-order valence-electron chi connectivity index (χ0n) is 14.8. The van der Waals surface area contributed by atoms with Crippen LogP contribution in [0.4, 0.5) is 0 Å². The maximum atomic E-state index is 12.8. The number of sulfone groups is 1. The Morgan fingerprint density at radius 2 is 1.77 bits per heavy atom. The highest BCUT2D eigenvalue weighted by Gasteiger charge is 2.58. The minimum Gasteiger partial charge on any atom is -0.342 e. The molecule has 4 rings (SSSR count). The lowest BCUT2D eigenvalue weighted by atomic mass is 10.0. The summed E-state index contributed by atoms with van der Waals surface area (Å²) in [6.45, 7) is 1.11. The van der Waals surface area contributed by atoms with Crippen LogP contribution >= 0.6 is 0 Å². The third-order valence-corrected chi connectivity index (χ3v) is 8.34. The second-order valence-corrected chi connectivity index (χ2v) is 9.98. The van der Waals surface area contributed by atoms with Gasteiger partial charge in [-0.25, -0.2) is 8.42 Å². The maximum Gasteiger partial charge on any atom is 0.239 e. The summed E-state index contributed by atoms with van der Waals surface area (Å²) in [4.78, 5) is 27.0. The molecule has 26 heavy (non-hydrogen) atoms. The molecule has 140 valence electrons. The Balaban J connectivity index is 1.53. The van der Waals surface area contributed by atoms with Crippen molar-refractivity contribution in [1.29, 1.82) is 0 Å². The SMILES string of the molecule is O=C(CC1CC1)N1CCC2(CC1)N(Cc1ccccc1)C(=O)CS2(=O)=O. The van der Waals surface area contributed by atoms with Gasteiger partial charge in [0, 0.05) is 38.9 Å². The normalized spacial score (nSPS) is 24.2. The number of hydrogen-bond acceptors (Lipinski definition) is 4. The molecular formula is C19H24N2O4S. The molecule has 2 heterocycles. The summed E-state index contributed by atoms with van der Waals surface area (Å²) in [7, 11) is -3.55. The first kappa shape index (κ1) is 17.5. The van der Waals surface area contributed by atoms with Gasteiger partial charge in [0.1, 0.15) is 10.6 Å². The van der Waals surface area contributed by atoms with Gasteiger partial charge in [0.2, 0.25) is 11.8 Å². The molecule has 0 N–H and O–H groups in total. The van der Waals surface area contributed by atoms with Crippen LogP contribution in [0.15, 0.2) is 30.3 Å². The average molecular weight is 376 g/mol. The topological polar surface area (TPSA) is 74.8 Å². The van der Waals surface area contributed by atoms with Gasteiger partial charge in [-0.15, -0.1) is 0 Å².